The molecule has 0 nitrogen and oxygen atoms in total. The van der Waals surface area contributed by atoms with Crippen LogP contribution in [0, 0.1) is 0 Å². The van der Waals surface area contributed by atoms with Crippen molar-refractivity contribution in [1.29, 1.82) is 0 Å². The number of unbranched alkanes of at least 4 members (excludes halogenated alkanes) is 6. The number of halogens is 2. The molecule has 6 aromatic rings. The molecule has 0 aromatic heterocycles. The van der Waals surface area contributed by atoms with Gasteiger partial charge in [-0.1, -0.05) is 0 Å². The number of fused-ring (bicyclic) bond motifs is 4. The van der Waals surface area contributed by atoms with Gasteiger partial charge < -0.3 is 24.8 Å². The molecule has 0 amide bonds. The number of benzene rings is 6. The van der Waals surface area contributed by atoms with Crippen molar-refractivity contribution in [1.82, 2.24) is 0 Å². The van der Waals surface area contributed by atoms with Crippen molar-refractivity contribution >= 4 is 39.1 Å². The van der Waals surface area contributed by atoms with E-state index < -0.39 is 25.8 Å². The standard InChI is InChI=1S/2C25H25.C2H6Si.2ClH.Zr/c2*1-2-3-4-5-10-19-17-21-13-9-16-24(25(21)18-19)23-15-8-12-20-11-6-7-14-22(20)23;1-3-2;;;/h2*6-9,11-18H,2-5,10H2,1H3;1-2H3;2*1H;/q;;;;;+2/p-2. The van der Waals surface area contributed by atoms with Gasteiger partial charge in [-0.15, -0.1) is 0 Å². The van der Waals surface area contributed by atoms with Crippen LogP contribution in [0.3, 0.4) is 0 Å². The van der Waals surface area contributed by atoms with Crippen LogP contribution in [0.1, 0.15) is 108 Å². The second-order valence-electron chi connectivity index (χ2n) is 16.1. The Labute approximate surface area is 357 Å². The molecule has 0 fully saturated rings. The van der Waals surface area contributed by atoms with E-state index >= 15 is 0 Å². The fraction of sp³-hybridized carbons (Fsp3) is 0.308. The van der Waals surface area contributed by atoms with Crippen molar-refractivity contribution in [3.05, 3.63) is 155 Å². The van der Waals surface area contributed by atoms with Crippen LogP contribution in [0.25, 0.3) is 56.0 Å². The zero-order valence-electron chi connectivity index (χ0n) is 33.7. The van der Waals surface area contributed by atoms with Crippen LogP contribution in [0.2, 0.25) is 13.1 Å². The summed E-state index contributed by atoms with van der Waals surface area (Å²) in [6, 6.07) is 46.5. The summed E-state index contributed by atoms with van der Waals surface area (Å²) in [5.41, 5.74) is 15.0. The summed E-state index contributed by atoms with van der Waals surface area (Å²) < 4.78 is 1.28. The van der Waals surface area contributed by atoms with E-state index in [1.54, 1.807) is 22.3 Å². The van der Waals surface area contributed by atoms with Crippen LogP contribution in [-0.2, 0) is 20.4 Å². The van der Waals surface area contributed by atoms with Crippen LogP contribution >= 0.6 is 0 Å². The molecule has 8 rings (SSSR count). The molecule has 286 valence electrons. The van der Waals surface area contributed by atoms with Gasteiger partial charge in [0.05, 0.1) is 0 Å². The average molecular weight is 871 g/mol. The zero-order valence-corrected chi connectivity index (χ0v) is 38.7. The molecule has 0 radical (unpaired) electrons. The van der Waals surface area contributed by atoms with Gasteiger partial charge in [-0.3, -0.25) is 0 Å². The molecule has 0 N–H and O–H groups in total. The Kier molecular flexibility index (Phi) is 14.9. The van der Waals surface area contributed by atoms with Crippen LogP contribution in [-0.4, -0.2) is 5.43 Å². The van der Waals surface area contributed by atoms with Crippen molar-refractivity contribution in [3.8, 4) is 22.3 Å². The summed E-state index contributed by atoms with van der Waals surface area (Å²) in [7, 11) is 0. The predicted molar refractivity (Wildman–Crippen MR) is 235 cm³/mol. The first-order chi connectivity index (χ1) is 26.6. The van der Waals surface area contributed by atoms with E-state index in [0.717, 1.165) is 0 Å². The van der Waals surface area contributed by atoms with Gasteiger partial charge >= 0.3 is 335 Å². The predicted octanol–water partition coefficient (Wildman–Crippen LogP) is 9.72. The van der Waals surface area contributed by atoms with E-state index in [-0.39, 0.29) is 24.8 Å². The molecular weight excluding hydrogens is 815 g/mol. The molecule has 2 aliphatic carbocycles. The molecular formula is C52H56Cl2SiZr. The largest absolute Gasteiger partial charge is 1.00 e. The van der Waals surface area contributed by atoms with Crippen molar-refractivity contribution in [2.24, 2.45) is 0 Å². The van der Waals surface area contributed by atoms with E-state index in [4.69, 9.17) is 0 Å². The van der Waals surface area contributed by atoms with Crippen LogP contribution in [0.4, 0.5) is 0 Å². The second-order valence-corrected chi connectivity index (χ2v) is 33.9. The van der Waals surface area contributed by atoms with E-state index in [1.807, 2.05) is 0 Å². The molecule has 0 saturated carbocycles. The molecule has 2 atom stereocenters. The Hall–Kier alpha value is -3.00. The van der Waals surface area contributed by atoms with E-state index in [1.165, 1.54) is 119 Å². The first-order valence-electron chi connectivity index (χ1n) is 20.9. The Morgan fingerprint density at radius 3 is 1.27 bits per heavy atom. The number of hydrogen-bond donors (Lipinski definition) is 0. The quantitative estimate of drug-likeness (QED) is 0.0756. The number of hydrogen-bond acceptors (Lipinski definition) is 0. The first kappa shape index (κ1) is 42.6. The summed E-state index contributed by atoms with van der Waals surface area (Å²) >= 11 is -2.33. The van der Waals surface area contributed by atoms with Crippen molar-refractivity contribution in [3.63, 3.8) is 0 Å². The maximum absolute atomic E-state index is 2.72. The molecule has 2 unspecified atom stereocenters. The third kappa shape index (κ3) is 8.43. The van der Waals surface area contributed by atoms with Crippen LogP contribution < -0.4 is 24.8 Å². The number of rotatable bonds is 14. The molecule has 0 aliphatic heterocycles. The SMILES string of the molecule is CCCCCCC1=Cc2c(-c3cccc4ccccc34)cccc2[CH]1[Zr+2]([CH]1C(CCCCCC)=Cc2c(-c3cccc4ccccc34)cccc21)=[Si](C)C.[Cl-].[Cl-]. The van der Waals surface area contributed by atoms with Gasteiger partial charge in [-0.05, 0) is 0 Å². The minimum atomic E-state index is -2.33. The third-order valence-corrected chi connectivity index (χ3v) is 31.8. The zero-order chi connectivity index (χ0) is 37.0. The summed E-state index contributed by atoms with van der Waals surface area (Å²) in [5.74, 6) is 0. The maximum Gasteiger partial charge on any atom is -1.00 e. The topological polar surface area (TPSA) is 0 Å². The summed E-state index contributed by atoms with van der Waals surface area (Å²) in [6.07, 6.45) is 18.5. The van der Waals surface area contributed by atoms with Gasteiger partial charge in [-0.25, -0.2) is 0 Å². The molecule has 2 aliphatic rings. The molecule has 56 heavy (non-hydrogen) atoms. The smallest absolute Gasteiger partial charge is 1.00 e. The minimum Gasteiger partial charge on any atom is -1.00 e. The Bertz CT molecular complexity index is 2240. The maximum atomic E-state index is 2.72. The Morgan fingerprint density at radius 1 is 0.446 bits per heavy atom. The van der Waals surface area contributed by atoms with Crippen molar-refractivity contribution in [2.45, 2.75) is 98.4 Å². The van der Waals surface area contributed by atoms with Crippen LogP contribution in [0.15, 0.2) is 132 Å². The normalized spacial score (nSPS) is 15.3. The minimum absolute atomic E-state index is 0. The molecule has 4 heteroatoms. The van der Waals surface area contributed by atoms with Gasteiger partial charge in [0.15, 0.2) is 0 Å². The third-order valence-electron chi connectivity index (χ3n) is 12.3. The fourth-order valence-corrected chi connectivity index (χ4v) is 30.2. The van der Waals surface area contributed by atoms with Gasteiger partial charge in [0, 0.05) is 0 Å². The summed E-state index contributed by atoms with van der Waals surface area (Å²) in [4.78, 5) is 0. The van der Waals surface area contributed by atoms with E-state index in [0.29, 0.717) is 7.25 Å². The van der Waals surface area contributed by atoms with Crippen LogP contribution in [0.5, 0.6) is 0 Å². The summed E-state index contributed by atoms with van der Waals surface area (Å²) in [6.45, 7) is 10.1. The monoisotopic (exact) mass is 868 g/mol. The Morgan fingerprint density at radius 2 is 0.839 bits per heavy atom. The van der Waals surface area contributed by atoms with Gasteiger partial charge in [0.25, 0.3) is 0 Å². The summed E-state index contributed by atoms with van der Waals surface area (Å²) in [5, 5.41) is 5.40. The molecule has 0 bridgehead atoms. The average Bonchev–Trinajstić information content (AvgIpc) is 3.76. The number of allylic oxidation sites excluding steroid dienone is 2. The van der Waals surface area contributed by atoms with E-state index in [9.17, 15) is 0 Å². The molecule has 6 aromatic carbocycles. The first-order valence-corrected chi connectivity index (χ1v) is 29.9. The second kappa shape index (κ2) is 19.6. The fourth-order valence-electron chi connectivity index (χ4n) is 9.74. The van der Waals surface area contributed by atoms with E-state index in [2.05, 4.69) is 160 Å². The molecule has 0 heterocycles. The van der Waals surface area contributed by atoms with Gasteiger partial charge in [-0.2, -0.15) is 0 Å². The van der Waals surface area contributed by atoms with Gasteiger partial charge in [0.2, 0.25) is 0 Å². The molecule has 0 saturated heterocycles. The van der Waals surface area contributed by atoms with Crippen molar-refractivity contribution in [2.75, 3.05) is 0 Å². The van der Waals surface area contributed by atoms with Crippen molar-refractivity contribution < 1.29 is 45.2 Å². The Balaban J connectivity index is 0.00000266. The van der Waals surface area contributed by atoms with Gasteiger partial charge in [0.1, 0.15) is 0 Å². The molecule has 0 spiro atoms.